The highest BCUT2D eigenvalue weighted by Crippen LogP contribution is 2.32. The molecule has 4 N–H and O–H groups in total. The molecule has 5 rings (SSSR count). The Labute approximate surface area is 333 Å². The van der Waals surface area contributed by atoms with Gasteiger partial charge in [-0.3, -0.25) is 38.8 Å². The van der Waals surface area contributed by atoms with Crippen molar-refractivity contribution in [2.45, 2.75) is 91.5 Å². The standard InChI is InChI=1S/C40H53N11O6/c1-22(2)31(36(55)48(8)9)45-37(56)40(6,7)47-34(53)29-12-11-17-50(29)35(54)25(5)43-33(52)26-15-13-23(3)30(18-26)51-21-27-19-42-38(46-32(27)49(10)39(51)57)44-28-16-14-24(4)41-20-28/h13-16,18-20,22,25,29,31H,11-12,17,21H2,1-10H3,(H,43,52)(H,45,56)(H,47,53)(H,42,44,46)/t25-,29-,31-/m0/s1. The number of nitrogens with zero attached hydrogens (tertiary/aromatic N) is 7. The van der Waals surface area contributed by atoms with Crippen molar-refractivity contribution in [2.24, 2.45) is 5.92 Å². The van der Waals surface area contributed by atoms with E-state index in [1.54, 1.807) is 77.4 Å². The van der Waals surface area contributed by atoms with Crippen LogP contribution < -0.4 is 31.1 Å². The predicted octanol–water partition coefficient (Wildman–Crippen LogP) is 3.04. The Kier molecular flexibility index (Phi) is 12.5. The molecule has 7 amide bonds. The summed E-state index contributed by atoms with van der Waals surface area (Å²) in [5.41, 5.74) is 2.37. The molecule has 0 radical (unpaired) electrons. The Morgan fingerprint density at radius 1 is 0.965 bits per heavy atom. The average Bonchev–Trinajstić information content (AvgIpc) is 3.66. The number of hydrogen-bond acceptors (Lipinski definition) is 10. The lowest BCUT2D eigenvalue weighted by atomic mass is 9.98. The van der Waals surface area contributed by atoms with Gasteiger partial charge in [-0.1, -0.05) is 19.9 Å². The van der Waals surface area contributed by atoms with Crippen LogP contribution in [0.25, 0.3) is 0 Å². The van der Waals surface area contributed by atoms with Crippen molar-refractivity contribution in [1.29, 1.82) is 0 Å². The first-order valence-corrected chi connectivity index (χ1v) is 19.0. The molecule has 2 aliphatic heterocycles. The van der Waals surface area contributed by atoms with Crippen molar-refractivity contribution in [1.82, 2.24) is 40.7 Å². The first-order chi connectivity index (χ1) is 26.8. The molecule has 0 unspecified atom stereocenters. The topological polar surface area (TPSA) is 202 Å². The largest absolute Gasteiger partial charge is 0.347 e. The summed E-state index contributed by atoms with van der Waals surface area (Å²) < 4.78 is 0. The van der Waals surface area contributed by atoms with E-state index in [0.717, 1.165) is 11.3 Å². The number of rotatable bonds is 12. The molecule has 57 heavy (non-hydrogen) atoms. The summed E-state index contributed by atoms with van der Waals surface area (Å²) in [7, 11) is 4.83. The number of aromatic nitrogens is 3. The van der Waals surface area contributed by atoms with Crippen molar-refractivity contribution in [3.8, 4) is 0 Å². The molecular weight excluding hydrogens is 731 g/mol. The highest BCUT2D eigenvalue weighted by atomic mass is 16.2. The van der Waals surface area contributed by atoms with E-state index in [0.29, 0.717) is 48.1 Å². The summed E-state index contributed by atoms with van der Waals surface area (Å²) in [6, 6.07) is 5.69. The summed E-state index contributed by atoms with van der Waals surface area (Å²) in [5, 5.41) is 11.4. The summed E-state index contributed by atoms with van der Waals surface area (Å²) >= 11 is 0. The van der Waals surface area contributed by atoms with Crippen LogP contribution in [0.5, 0.6) is 0 Å². The lowest BCUT2D eigenvalue weighted by Gasteiger charge is -2.35. The summed E-state index contributed by atoms with van der Waals surface area (Å²) in [5.74, 6) is -1.73. The first kappa shape index (κ1) is 42.0. The number of fused-ring (bicyclic) bond motifs is 1. The average molecular weight is 784 g/mol. The molecule has 304 valence electrons. The second-order valence-corrected chi connectivity index (χ2v) is 15.7. The van der Waals surface area contributed by atoms with Crippen molar-refractivity contribution in [3.05, 3.63) is 65.1 Å². The van der Waals surface area contributed by atoms with Crippen molar-refractivity contribution in [3.63, 3.8) is 0 Å². The van der Waals surface area contributed by atoms with E-state index in [1.165, 1.54) is 14.7 Å². The fraction of sp³-hybridized carbons (Fsp3) is 0.475. The van der Waals surface area contributed by atoms with Gasteiger partial charge in [0.25, 0.3) is 5.91 Å². The van der Waals surface area contributed by atoms with Gasteiger partial charge in [0.05, 0.1) is 18.4 Å². The minimum Gasteiger partial charge on any atom is -0.347 e. The summed E-state index contributed by atoms with van der Waals surface area (Å²) in [4.78, 5) is 99.7. The van der Waals surface area contributed by atoms with Gasteiger partial charge in [0, 0.05) is 56.4 Å². The van der Waals surface area contributed by atoms with Gasteiger partial charge in [-0.05, 0) is 83.2 Å². The number of aryl methyl sites for hydroxylation is 2. The van der Waals surface area contributed by atoms with Crippen molar-refractivity contribution >= 4 is 58.7 Å². The van der Waals surface area contributed by atoms with Crippen LogP contribution in [-0.2, 0) is 25.7 Å². The zero-order chi connectivity index (χ0) is 41.9. The summed E-state index contributed by atoms with van der Waals surface area (Å²) in [6.45, 7) is 12.4. The SMILES string of the molecule is Cc1ccc(Nc2ncc3c(n2)N(C)C(=O)N(c2cc(C(=O)N[C@@H](C)C(=O)N4CCC[C@H]4C(=O)NC(C)(C)C(=O)N[C@H](C(=O)N(C)C)C(C)C)ccc2C)C3)cn1. The Morgan fingerprint density at radius 3 is 2.33 bits per heavy atom. The lowest BCUT2D eigenvalue weighted by Crippen LogP contribution is -2.62. The molecule has 3 aromatic rings. The fourth-order valence-corrected chi connectivity index (χ4v) is 6.73. The maximum Gasteiger partial charge on any atom is 0.330 e. The van der Waals surface area contributed by atoms with Crippen LogP contribution in [-0.4, -0.2) is 112 Å². The number of hydrogen-bond donors (Lipinski definition) is 4. The van der Waals surface area contributed by atoms with E-state index >= 15 is 0 Å². The van der Waals surface area contributed by atoms with Crippen LogP contribution in [0, 0.1) is 19.8 Å². The van der Waals surface area contributed by atoms with Gasteiger partial charge in [-0.25, -0.2) is 9.78 Å². The molecular formula is C40H53N11O6. The lowest BCUT2D eigenvalue weighted by molar-refractivity contribution is -0.142. The van der Waals surface area contributed by atoms with Crippen LogP contribution in [0.2, 0.25) is 0 Å². The quantitative estimate of drug-likeness (QED) is 0.212. The number of amides is 7. The second kappa shape index (κ2) is 16.9. The maximum absolute atomic E-state index is 13.7. The molecule has 1 saturated heterocycles. The maximum atomic E-state index is 13.7. The third-order valence-corrected chi connectivity index (χ3v) is 10.2. The summed E-state index contributed by atoms with van der Waals surface area (Å²) in [6.07, 6.45) is 4.26. The number of anilines is 4. The zero-order valence-electron chi connectivity index (χ0n) is 34.3. The van der Waals surface area contributed by atoms with Crippen molar-refractivity contribution < 1.29 is 28.8 Å². The minimum atomic E-state index is -1.39. The van der Waals surface area contributed by atoms with Crippen LogP contribution in [0.1, 0.15) is 74.6 Å². The van der Waals surface area contributed by atoms with Gasteiger partial charge in [-0.15, -0.1) is 0 Å². The fourth-order valence-electron chi connectivity index (χ4n) is 6.73. The van der Waals surface area contributed by atoms with Gasteiger partial charge in [0.2, 0.25) is 29.6 Å². The first-order valence-electron chi connectivity index (χ1n) is 19.0. The van der Waals surface area contributed by atoms with E-state index in [4.69, 9.17) is 0 Å². The number of carbonyl (C=O) groups excluding carboxylic acids is 6. The molecule has 2 aromatic heterocycles. The third-order valence-electron chi connectivity index (χ3n) is 10.2. The number of likely N-dealkylation sites (tertiary alicyclic amines) is 1. The number of likely N-dealkylation sites (N-methyl/N-ethyl adjacent to an activating group) is 1. The molecule has 4 heterocycles. The van der Waals surface area contributed by atoms with Crippen LogP contribution in [0.15, 0.2) is 42.7 Å². The molecule has 2 aliphatic rings. The van der Waals surface area contributed by atoms with E-state index < -0.39 is 47.3 Å². The number of urea groups is 1. The normalized spacial score (nSPS) is 16.4. The highest BCUT2D eigenvalue weighted by Gasteiger charge is 2.41. The predicted molar refractivity (Wildman–Crippen MR) is 215 cm³/mol. The van der Waals surface area contributed by atoms with E-state index in [1.807, 2.05) is 39.8 Å². The van der Waals surface area contributed by atoms with Crippen LogP contribution in [0.3, 0.4) is 0 Å². The highest BCUT2D eigenvalue weighted by molar-refractivity contribution is 6.07. The smallest absolute Gasteiger partial charge is 0.330 e. The minimum absolute atomic E-state index is 0.162. The molecule has 1 aromatic carbocycles. The van der Waals surface area contributed by atoms with Crippen LogP contribution >= 0.6 is 0 Å². The number of nitrogens with one attached hydrogen (secondary N) is 4. The van der Waals surface area contributed by atoms with Crippen LogP contribution in [0.4, 0.5) is 27.9 Å². The van der Waals surface area contributed by atoms with Gasteiger partial charge in [-0.2, -0.15) is 4.98 Å². The van der Waals surface area contributed by atoms with E-state index in [-0.39, 0.29) is 30.0 Å². The zero-order valence-corrected chi connectivity index (χ0v) is 34.3. The van der Waals surface area contributed by atoms with E-state index in [9.17, 15) is 28.8 Å². The Hall–Kier alpha value is -6.13. The van der Waals surface area contributed by atoms with Gasteiger partial charge < -0.3 is 31.1 Å². The monoisotopic (exact) mass is 783 g/mol. The molecule has 3 atom stereocenters. The number of carbonyl (C=O) groups is 6. The molecule has 0 saturated carbocycles. The van der Waals surface area contributed by atoms with Gasteiger partial charge in [0.1, 0.15) is 29.5 Å². The third kappa shape index (κ3) is 9.30. The number of pyridine rings is 1. The second-order valence-electron chi connectivity index (χ2n) is 15.7. The molecule has 0 aliphatic carbocycles. The number of benzene rings is 1. The van der Waals surface area contributed by atoms with Gasteiger partial charge >= 0.3 is 6.03 Å². The Balaban J connectivity index is 1.24. The Morgan fingerprint density at radius 2 is 1.68 bits per heavy atom. The molecule has 17 heteroatoms. The van der Waals surface area contributed by atoms with E-state index in [2.05, 4.69) is 36.2 Å². The molecule has 0 spiro atoms. The van der Waals surface area contributed by atoms with Gasteiger partial charge in [0.15, 0.2) is 0 Å². The molecule has 17 nitrogen and oxygen atoms in total. The molecule has 0 bridgehead atoms. The van der Waals surface area contributed by atoms with Crippen molar-refractivity contribution in [2.75, 3.05) is 42.8 Å². The Bertz CT molecular complexity index is 2050. The molecule has 1 fully saturated rings.